The summed E-state index contributed by atoms with van der Waals surface area (Å²) in [5.41, 5.74) is 1.08. The van der Waals surface area contributed by atoms with Gasteiger partial charge in [0.2, 0.25) is 0 Å². The monoisotopic (exact) mass is 255 g/mol. The minimum absolute atomic E-state index is 0.651. The molecule has 1 aliphatic rings. The Bertz CT molecular complexity index is 316. The van der Waals surface area contributed by atoms with Crippen molar-refractivity contribution in [3.63, 3.8) is 0 Å². The molecule has 0 bridgehead atoms. The third-order valence-corrected chi connectivity index (χ3v) is 3.22. The fraction of sp³-hybridized carbons (Fsp3) is 0.600. The Hall–Kier alpha value is -0.480. The van der Waals surface area contributed by atoms with Crippen molar-refractivity contribution >= 4 is 15.9 Å². The Labute approximate surface area is 92.7 Å². The first-order chi connectivity index (χ1) is 6.75. The van der Waals surface area contributed by atoms with Gasteiger partial charge in [0, 0.05) is 16.9 Å². The molecule has 3 nitrogen and oxygen atoms in total. The SMILES string of the molecule is CN1CCCC1Cc1cc(Br)cnn1. The highest BCUT2D eigenvalue weighted by Gasteiger charge is 2.21. The van der Waals surface area contributed by atoms with Crippen molar-refractivity contribution in [2.75, 3.05) is 13.6 Å². The highest BCUT2D eigenvalue weighted by molar-refractivity contribution is 9.10. The average molecular weight is 256 g/mol. The zero-order valence-corrected chi connectivity index (χ0v) is 9.87. The number of hydrogen-bond donors (Lipinski definition) is 0. The molecular formula is C10H14BrN3. The number of likely N-dealkylation sites (tertiary alicyclic amines) is 1. The van der Waals surface area contributed by atoms with Crippen LogP contribution >= 0.6 is 15.9 Å². The highest BCUT2D eigenvalue weighted by Crippen LogP contribution is 2.19. The lowest BCUT2D eigenvalue weighted by atomic mass is 10.1. The van der Waals surface area contributed by atoms with E-state index in [4.69, 9.17) is 0 Å². The Morgan fingerprint density at radius 3 is 3.14 bits per heavy atom. The summed E-state index contributed by atoms with van der Waals surface area (Å²) in [5.74, 6) is 0. The quantitative estimate of drug-likeness (QED) is 0.809. The number of nitrogens with zero attached hydrogens (tertiary/aromatic N) is 3. The van der Waals surface area contributed by atoms with E-state index in [1.165, 1.54) is 19.4 Å². The first kappa shape index (κ1) is 10.1. The molecule has 1 aromatic rings. The summed E-state index contributed by atoms with van der Waals surface area (Å²) in [4.78, 5) is 2.41. The van der Waals surface area contributed by atoms with Gasteiger partial charge in [-0.3, -0.25) is 0 Å². The van der Waals surface area contributed by atoms with E-state index in [9.17, 15) is 0 Å². The molecule has 0 aromatic carbocycles. The van der Waals surface area contributed by atoms with Crippen LogP contribution in [0.4, 0.5) is 0 Å². The van der Waals surface area contributed by atoms with E-state index >= 15 is 0 Å². The third kappa shape index (κ3) is 2.30. The van der Waals surface area contributed by atoms with Crippen LogP contribution in [0.25, 0.3) is 0 Å². The van der Waals surface area contributed by atoms with Crippen LogP contribution in [0.3, 0.4) is 0 Å². The molecule has 1 atom stereocenters. The summed E-state index contributed by atoms with van der Waals surface area (Å²) in [7, 11) is 2.18. The average Bonchev–Trinajstić information content (AvgIpc) is 2.52. The highest BCUT2D eigenvalue weighted by atomic mass is 79.9. The Balaban J connectivity index is 2.03. The van der Waals surface area contributed by atoms with Gasteiger partial charge < -0.3 is 4.90 Å². The van der Waals surface area contributed by atoms with Crippen LogP contribution in [0, 0.1) is 0 Å². The molecule has 0 spiro atoms. The van der Waals surface area contributed by atoms with Crippen LogP contribution in [0.15, 0.2) is 16.7 Å². The van der Waals surface area contributed by atoms with Crippen LogP contribution < -0.4 is 0 Å². The van der Waals surface area contributed by atoms with Crippen molar-refractivity contribution in [1.29, 1.82) is 0 Å². The molecule has 2 heterocycles. The maximum atomic E-state index is 4.13. The molecule has 0 saturated carbocycles. The summed E-state index contributed by atoms with van der Waals surface area (Å²) in [6, 6.07) is 2.71. The second-order valence-electron chi connectivity index (χ2n) is 3.85. The summed E-state index contributed by atoms with van der Waals surface area (Å²) in [6.45, 7) is 1.21. The van der Waals surface area contributed by atoms with Crippen LogP contribution in [-0.4, -0.2) is 34.7 Å². The summed E-state index contributed by atoms with van der Waals surface area (Å²) < 4.78 is 1.02. The molecular weight excluding hydrogens is 242 g/mol. The predicted octanol–water partition coefficient (Wildman–Crippen LogP) is 1.88. The Kier molecular flexibility index (Phi) is 3.13. The van der Waals surface area contributed by atoms with Gasteiger partial charge in [0.25, 0.3) is 0 Å². The molecule has 0 N–H and O–H groups in total. The Morgan fingerprint density at radius 2 is 2.50 bits per heavy atom. The second-order valence-corrected chi connectivity index (χ2v) is 4.76. The van der Waals surface area contributed by atoms with Crippen LogP contribution in [-0.2, 0) is 6.42 Å². The van der Waals surface area contributed by atoms with E-state index in [1.807, 2.05) is 0 Å². The molecule has 1 unspecified atom stereocenters. The van der Waals surface area contributed by atoms with Gasteiger partial charge in [0.15, 0.2) is 0 Å². The second kappa shape index (κ2) is 4.36. The molecule has 0 radical (unpaired) electrons. The number of aromatic nitrogens is 2. The molecule has 1 aromatic heterocycles. The van der Waals surface area contributed by atoms with E-state index in [0.717, 1.165) is 16.6 Å². The molecule has 0 aliphatic carbocycles. The predicted molar refractivity (Wildman–Crippen MR) is 59.1 cm³/mol. The van der Waals surface area contributed by atoms with Gasteiger partial charge in [-0.1, -0.05) is 0 Å². The summed E-state index contributed by atoms with van der Waals surface area (Å²) in [6.07, 6.45) is 5.33. The summed E-state index contributed by atoms with van der Waals surface area (Å²) >= 11 is 3.41. The van der Waals surface area contributed by atoms with Gasteiger partial charge in [0.05, 0.1) is 11.9 Å². The molecule has 0 amide bonds. The number of halogens is 1. The van der Waals surface area contributed by atoms with Crippen molar-refractivity contribution in [2.45, 2.75) is 25.3 Å². The van der Waals surface area contributed by atoms with Gasteiger partial charge in [-0.15, -0.1) is 0 Å². The summed E-state index contributed by atoms with van der Waals surface area (Å²) in [5, 5.41) is 8.07. The van der Waals surface area contributed by atoms with E-state index in [2.05, 4.69) is 44.1 Å². The smallest absolute Gasteiger partial charge is 0.0657 e. The molecule has 1 saturated heterocycles. The molecule has 14 heavy (non-hydrogen) atoms. The topological polar surface area (TPSA) is 29.0 Å². The maximum Gasteiger partial charge on any atom is 0.0657 e. The van der Waals surface area contributed by atoms with E-state index < -0.39 is 0 Å². The third-order valence-electron chi connectivity index (χ3n) is 2.79. The maximum absolute atomic E-state index is 4.13. The lowest BCUT2D eigenvalue weighted by Gasteiger charge is -2.18. The minimum Gasteiger partial charge on any atom is -0.303 e. The molecule has 1 aliphatic heterocycles. The first-order valence-electron chi connectivity index (χ1n) is 4.93. The van der Waals surface area contributed by atoms with Crippen molar-refractivity contribution in [3.8, 4) is 0 Å². The standard InChI is InChI=1S/C10H14BrN3/c1-14-4-2-3-10(14)6-9-5-8(11)7-12-13-9/h5,7,10H,2-4,6H2,1H3. The Morgan fingerprint density at radius 1 is 1.64 bits per heavy atom. The van der Waals surface area contributed by atoms with Crippen molar-refractivity contribution in [1.82, 2.24) is 15.1 Å². The number of rotatable bonds is 2. The number of hydrogen-bond acceptors (Lipinski definition) is 3. The van der Waals surface area contributed by atoms with E-state index in [0.29, 0.717) is 6.04 Å². The molecule has 4 heteroatoms. The first-order valence-corrected chi connectivity index (χ1v) is 5.72. The van der Waals surface area contributed by atoms with Gasteiger partial charge in [-0.2, -0.15) is 10.2 Å². The van der Waals surface area contributed by atoms with Crippen LogP contribution in [0.2, 0.25) is 0 Å². The van der Waals surface area contributed by atoms with E-state index in [1.54, 1.807) is 6.20 Å². The molecule has 2 rings (SSSR count). The zero-order valence-electron chi connectivity index (χ0n) is 8.28. The van der Waals surface area contributed by atoms with Crippen LogP contribution in [0.5, 0.6) is 0 Å². The number of likely N-dealkylation sites (N-methyl/N-ethyl adjacent to an activating group) is 1. The van der Waals surface area contributed by atoms with Gasteiger partial charge in [0.1, 0.15) is 0 Å². The largest absolute Gasteiger partial charge is 0.303 e. The fourth-order valence-corrected chi connectivity index (χ4v) is 2.32. The van der Waals surface area contributed by atoms with Crippen molar-refractivity contribution < 1.29 is 0 Å². The van der Waals surface area contributed by atoms with E-state index in [-0.39, 0.29) is 0 Å². The fourth-order valence-electron chi connectivity index (χ4n) is 1.96. The van der Waals surface area contributed by atoms with Gasteiger partial charge >= 0.3 is 0 Å². The normalized spacial score (nSPS) is 22.9. The zero-order chi connectivity index (χ0) is 9.97. The van der Waals surface area contributed by atoms with Crippen LogP contribution in [0.1, 0.15) is 18.5 Å². The lowest BCUT2D eigenvalue weighted by Crippen LogP contribution is -2.27. The lowest BCUT2D eigenvalue weighted by molar-refractivity contribution is 0.307. The van der Waals surface area contributed by atoms with Crippen molar-refractivity contribution in [3.05, 3.63) is 22.4 Å². The molecule has 1 fully saturated rings. The van der Waals surface area contributed by atoms with Gasteiger partial charge in [-0.05, 0) is 48.4 Å². The minimum atomic E-state index is 0.651. The molecule has 76 valence electrons. The van der Waals surface area contributed by atoms with Gasteiger partial charge in [-0.25, -0.2) is 0 Å². The van der Waals surface area contributed by atoms with Crippen molar-refractivity contribution in [2.24, 2.45) is 0 Å².